The van der Waals surface area contributed by atoms with Crippen LogP contribution >= 0.6 is 0 Å². The Labute approximate surface area is 109 Å². The molecule has 104 valence electrons. The number of nitrogens with one attached hydrogen (secondary N) is 2. The highest BCUT2D eigenvalue weighted by Gasteiger charge is 2.23. The van der Waals surface area contributed by atoms with Gasteiger partial charge in [0.05, 0.1) is 6.61 Å². The van der Waals surface area contributed by atoms with Crippen LogP contribution in [-0.4, -0.2) is 40.4 Å². The number of aliphatic hydroxyl groups excluding tert-OH is 1. The first-order chi connectivity index (χ1) is 9.04. The Morgan fingerprint density at radius 1 is 1.53 bits per heavy atom. The number of H-pyrrole nitrogens is 1. The second-order valence-corrected chi connectivity index (χ2v) is 5.46. The second kappa shape index (κ2) is 5.47. The molecule has 0 radical (unpaired) electrons. The molecule has 0 atom stereocenters. The minimum absolute atomic E-state index is 0.0985. The quantitative estimate of drug-likeness (QED) is 0.627. The summed E-state index contributed by atoms with van der Waals surface area (Å²) in [6.07, 6.45) is 1.52. The maximum absolute atomic E-state index is 12.0. The Morgan fingerprint density at radius 2 is 2.32 bits per heavy atom. The molecular formula is C9H13N5O4S. The zero-order chi connectivity index (χ0) is 13.9. The monoisotopic (exact) mass is 287 g/mol. The summed E-state index contributed by atoms with van der Waals surface area (Å²) in [7, 11) is -3.78. The van der Waals surface area contributed by atoms with E-state index < -0.39 is 16.6 Å². The van der Waals surface area contributed by atoms with E-state index in [1.807, 2.05) is 0 Å². The van der Waals surface area contributed by atoms with E-state index in [9.17, 15) is 8.42 Å². The minimum Gasteiger partial charge on any atom is -0.392 e. The van der Waals surface area contributed by atoms with Crippen LogP contribution in [0, 0.1) is 6.92 Å². The Balaban J connectivity index is 2.05. The highest BCUT2D eigenvalue weighted by Crippen LogP contribution is 2.15. The van der Waals surface area contributed by atoms with E-state index in [0.29, 0.717) is 11.6 Å². The van der Waals surface area contributed by atoms with Gasteiger partial charge in [-0.05, 0) is 6.92 Å². The number of aliphatic hydroxyl groups is 1. The molecule has 0 aromatic carbocycles. The minimum atomic E-state index is -3.78. The Morgan fingerprint density at radius 3 is 2.95 bits per heavy atom. The third-order valence-electron chi connectivity index (χ3n) is 2.49. The molecule has 10 heteroatoms. The molecule has 19 heavy (non-hydrogen) atoms. The van der Waals surface area contributed by atoms with Gasteiger partial charge in [-0.25, -0.2) is 13.1 Å². The lowest BCUT2D eigenvalue weighted by Crippen LogP contribution is -2.27. The summed E-state index contributed by atoms with van der Waals surface area (Å²) in [6.45, 7) is 1.33. The van der Waals surface area contributed by atoms with Gasteiger partial charge >= 0.3 is 0 Å². The molecule has 0 aliphatic rings. The molecule has 0 saturated heterocycles. The van der Waals surface area contributed by atoms with Gasteiger partial charge in [0.2, 0.25) is 5.89 Å². The summed E-state index contributed by atoms with van der Waals surface area (Å²) in [6, 6.07) is 0. The van der Waals surface area contributed by atoms with Crippen LogP contribution in [0.5, 0.6) is 0 Å². The maximum Gasteiger partial charge on any atom is 0.260 e. The first-order valence-electron chi connectivity index (χ1n) is 5.44. The number of aromatic nitrogens is 4. The Bertz CT molecular complexity index is 634. The third-order valence-corrected chi connectivity index (χ3v) is 3.92. The average Bonchev–Trinajstić information content (AvgIpc) is 2.98. The molecule has 0 spiro atoms. The van der Waals surface area contributed by atoms with Gasteiger partial charge < -0.3 is 9.63 Å². The van der Waals surface area contributed by atoms with Crippen molar-refractivity contribution < 1.29 is 18.0 Å². The van der Waals surface area contributed by atoms with Crippen LogP contribution < -0.4 is 4.72 Å². The summed E-state index contributed by atoms with van der Waals surface area (Å²) in [5.74, 6) is 0.336. The molecule has 2 aromatic rings. The summed E-state index contributed by atoms with van der Waals surface area (Å²) in [5, 5.41) is 18.6. The number of rotatable bonds is 6. The van der Waals surface area contributed by atoms with E-state index >= 15 is 0 Å². The molecule has 0 saturated carbocycles. The van der Waals surface area contributed by atoms with Crippen molar-refractivity contribution in [1.82, 2.24) is 25.1 Å². The SMILES string of the molecule is Cc1[nH]nc(S(=O)(=O)NCCc2ncno2)c1CO. The van der Waals surface area contributed by atoms with Gasteiger partial charge in [0.25, 0.3) is 10.0 Å². The highest BCUT2D eigenvalue weighted by atomic mass is 32.2. The van der Waals surface area contributed by atoms with E-state index in [4.69, 9.17) is 9.63 Å². The molecule has 0 bridgehead atoms. The molecule has 0 fully saturated rings. The number of sulfonamides is 1. The number of hydrogen-bond acceptors (Lipinski definition) is 7. The molecular weight excluding hydrogens is 274 g/mol. The number of hydrogen-bond donors (Lipinski definition) is 3. The fourth-order valence-corrected chi connectivity index (χ4v) is 2.72. The summed E-state index contributed by atoms with van der Waals surface area (Å²) >= 11 is 0. The summed E-state index contributed by atoms with van der Waals surface area (Å²) in [5.41, 5.74) is 0.769. The number of aromatic amines is 1. The van der Waals surface area contributed by atoms with Crippen LogP contribution in [-0.2, 0) is 23.1 Å². The number of aryl methyl sites for hydroxylation is 1. The van der Waals surface area contributed by atoms with E-state index in [2.05, 4.69) is 25.1 Å². The molecule has 0 amide bonds. The maximum atomic E-state index is 12.0. The van der Waals surface area contributed by atoms with Crippen molar-refractivity contribution in [2.75, 3.05) is 6.54 Å². The van der Waals surface area contributed by atoms with Gasteiger partial charge in [-0.2, -0.15) is 10.1 Å². The van der Waals surface area contributed by atoms with Crippen LogP contribution in [0.2, 0.25) is 0 Å². The standard InChI is InChI=1S/C9H13N5O4S/c1-6-7(4-15)9(14-13-6)19(16,17)12-3-2-8-10-5-11-18-8/h5,12,15H,2-4H2,1H3,(H,13,14). The third kappa shape index (κ3) is 2.97. The van der Waals surface area contributed by atoms with Gasteiger partial charge in [-0.1, -0.05) is 5.16 Å². The van der Waals surface area contributed by atoms with Crippen LogP contribution in [0.15, 0.2) is 15.9 Å². The van der Waals surface area contributed by atoms with Gasteiger partial charge in [-0.15, -0.1) is 0 Å². The van der Waals surface area contributed by atoms with Crippen LogP contribution in [0.1, 0.15) is 17.1 Å². The number of nitrogens with zero attached hydrogens (tertiary/aromatic N) is 3. The van der Waals surface area contributed by atoms with Gasteiger partial charge in [0.15, 0.2) is 11.4 Å². The van der Waals surface area contributed by atoms with Gasteiger partial charge in [0.1, 0.15) is 0 Å². The van der Waals surface area contributed by atoms with Crippen molar-refractivity contribution in [1.29, 1.82) is 0 Å². The van der Waals surface area contributed by atoms with E-state index in [0.717, 1.165) is 0 Å². The van der Waals surface area contributed by atoms with Crippen molar-refractivity contribution in [3.05, 3.63) is 23.5 Å². The van der Waals surface area contributed by atoms with Crippen LogP contribution in [0.4, 0.5) is 0 Å². The predicted molar refractivity (Wildman–Crippen MR) is 62.4 cm³/mol. The molecule has 0 aliphatic heterocycles. The molecule has 2 heterocycles. The largest absolute Gasteiger partial charge is 0.392 e. The fourth-order valence-electron chi connectivity index (χ4n) is 1.51. The van der Waals surface area contributed by atoms with Crippen LogP contribution in [0.25, 0.3) is 0 Å². The predicted octanol–water partition coefficient (Wildman–Crippen LogP) is -0.886. The van der Waals surface area contributed by atoms with Crippen molar-refractivity contribution in [2.45, 2.75) is 25.0 Å². The molecule has 0 unspecified atom stereocenters. The average molecular weight is 287 g/mol. The lowest BCUT2D eigenvalue weighted by molar-refractivity contribution is 0.277. The molecule has 2 rings (SSSR count). The van der Waals surface area contributed by atoms with Gasteiger partial charge in [-0.3, -0.25) is 5.10 Å². The van der Waals surface area contributed by atoms with Crippen molar-refractivity contribution >= 4 is 10.0 Å². The molecule has 9 nitrogen and oxygen atoms in total. The summed E-state index contributed by atoms with van der Waals surface area (Å²) < 4.78 is 31.1. The lowest BCUT2D eigenvalue weighted by Gasteiger charge is -2.04. The van der Waals surface area contributed by atoms with E-state index in [1.54, 1.807) is 6.92 Å². The Hall–Kier alpha value is -1.78. The first kappa shape index (κ1) is 13.6. The first-order valence-corrected chi connectivity index (χ1v) is 6.93. The Kier molecular flexibility index (Phi) is 3.93. The molecule has 0 aliphatic carbocycles. The zero-order valence-corrected chi connectivity index (χ0v) is 10.9. The fraction of sp³-hybridized carbons (Fsp3) is 0.444. The van der Waals surface area contributed by atoms with Crippen molar-refractivity contribution in [3.63, 3.8) is 0 Å². The topological polar surface area (TPSA) is 134 Å². The molecule has 3 N–H and O–H groups in total. The van der Waals surface area contributed by atoms with E-state index in [1.165, 1.54) is 6.33 Å². The van der Waals surface area contributed by atoms with Crippen molar-refractivity contribution in [2.24, 2.45) is 0 Å². The summed E-state index contributed by atoms with van der Waals surface area (Å²) in [4.78, 5) is 3.77. The second-order valence-electron chi connectivity index (χ2n) is 3.77. The lowest BCUT2D eigenvalue weighted by atomic mass is 10.3. The van der Waals surface area contributed by atoms with Crippen LogP contribution in [0.3, 0.4) is 0 Å². The van der Waals surface area contributed by atoms with Gasteiger partial charge in [0, 0.05) is 24.2 Å². The van der Waals surface area contributed by atoms with Crippen molar-refractivity contribution in [3.8, 4) is 0 Å². The highest BCUT2D eigenvalue weighted by molar-refractivity contribution is 7.89. The normalized spacial score (nSPS) is 11.9. The van der Waals surface area contributed by atoms with E-state index in [-0.39, 0.29) is 23.6 Å². The zero-order valence-electron chi connectivity index (χ0n) is 10.1. The smallest absolute Gasteiger partial charge is 0.260 e. The molecule has 2 aromatic heterocycles.